The fourth-order valence-corrected chi connectivity index (χ4v) is 1.38. The maximum Gasteiger partial charge on any atom is 0.214 e. The number of nitrogens with zero attached hydrogens (tertiary/aromatic N) is 2. The van der Waals surface area contributed by atoms with Crippen molar-refractivity contribution < 1.29 is 0 Å². The molecule has 2 aromatic rings. The molecule has 0 bridgehead atoms. The third-order valence-electron chi connectivity index (χ3n) is 2.20. The minimum absolute atomic E-state index is 0.258. The lowest BCUT2D eigenvalue weighted by atomic mass is 10.2. The van der Waals surface area contributed by atoms with Crippen LogP contribution < -0.4 is 11.2 Å². The Morgan fingerprint density at radius 1 is 0.944 bits per heavy atom. The molecule has 0 amide bonds. The predicted molar refractivity (Wildman–Crippen MR) is 74.9 cm³/mol. The van der Waals surface area contributed by atoms with Gasteiger partial charge in [0.15, 0.2) is 0 Å². The number of rotatable bonds is 3. The molecular formula is C14H14N4. The summed E-state index contributed by atoms with van der Waals surface area (Å²) >= 11 is 0. The molecule has 3 N–H and O–H groups in total. The molecule has 0 heterocycles. The first-order valence-corrected chi connectivity index (χ1v) is 5.58. The zero-order chi connectivity index (χ0) is 12.6. The van der Waals surface area contributed by atoms with Crippen LogP contribution in [0, 0.1) is 0 Å². The Labute approximate surface area is 106 Å². The predicted octanol–water partition coefficient (Wildman–Crippen LogP) is 2.26. The highest BCUT2D eigenvalue weighted by Crippen LogP contribution is 2.08. The second kappa shape index (κ2) is 6.20. The minimum Gasteiger partial charge on any atom is -0.368 e. The standard InChI is InChI=1S/C14H14N4/c15-14(17-13-9-5-2-6-10-13)18-16-11-12-7-3-1-4-8-12/h1-11H,(H3,15,17,18). The van der Waals surface area contributed by atoms with Gasteiger partial charge >= 0.3 is 0 Å². The number of aliphatic imine (C=N–C) groups is 1. The lowest BCUT2D eigenvalue weighted by molar-refractivity contribution is 1.01. The number of hydrogen-bond acceptors (Lipinski definition) is 2. The second-order valence-corrected chi connectivity index (χ2v) is 3.61. The van der Waals surface area contributed by atoms with Crippen molar-refractivity contribution in [3.63, 3.8) is 0 Å². The van der Waals surface area contributed by atoms with E-state index < -0.39 is 0 Å². The fraction of sp³-hybridized carbons (Fsp3) is 0. The van der Waals surface area contributed by atoms with Crippen LogP contribution in [0.1, 0.15) is 5.56 Å². The van der Waals surface area contributed by atoms with Gasteiger partial charge in [0.05, 0.1) is 11.9 Å². The summed E-state index contributed by atoms with van der Waals surface area (Å²) in [5.41, 5.74) is 10.2. The summed E-state index contributed by atoms with van der Waals surface area (Å²) in [4.78, 5) is 4.16. The maximum absolute atomic E-state index is 5.70. The van der Waals surface area contributed by atoms with Gasteiger partial charge in [-0.25, -0.2) is 10.4 Å². The van der Waals surface area contributed by atoms with Gasteiger partial charge in [0.2, 0.25) is 5.96 Å². The molecule has 0 aliphatic heterocycles. The van der Waals surface area contributed by atoms with E-state index in [1.807, 2.05) is 60.7 Å². The summed E-state index contributed by atoms with van der Waals surface area (Å²) in [6.07, 6.45) is 1.69. The van der Waals surface area contributed by atoms with E-state index in [-0.39, 0.29) is 5.96 Å². The third kappa shape index (κ3) is 3.75. The molecule has 0 saturated heterocycles. The van der Waals surface area contributed by atoms with Crippen molar-refractivity contribution >= 4 is 17.9 Å². The molecule has 4 heteroatoms. The molecule has 0 saturated carbocycles. The quantitative estimate of drug-likeness (QED) is 0.489. The SMILES string of the molecule is NC(=Nc1ccccc1)NN=Cc1ccccc1. The number of nitrogens with two attached hydrogens (primary N) is 1. The summed E-state index contributed by atoms with van der Waals surface area (Å²) in [6, 6.07) is 19.2. The van der Waals surface area contributed by atoms with Crippen molar-refractivity contribution in [1.29, 1.82) is 0 Å². The van der Waals surface area contributed by atoms with Gasteiger partial charge in [0, 0.05) is 0 Å². The van der Waals surface area contributed by atoms with Crippen molar-refractivity contribution in [1.82, 2.24) is 5.43 Å². The first-order valence-electron chi connectivity index (χ1n) is 5.58. The monoisotopic (exact) mass is 238 g/mol. The van der Waals surface area contributed by atoms with Crippen LogP contribution in [0.2, 0.25) is 0 Å². The molecule has 0 atom stereocenters. The molecule has 0 aliphatic carbocycles. The topological polar surface area (TPSA) is 62.8 Å². The molecule has 0 fully saturated rings. The third-order valence-corrected chi connectivity index (χ3v) is 2.20. The van der Waals surface area contributed by atoms with E-state index in [1.54, 1.807) is 6.21 Å². The van der Waals surface area contributed by atoms with Crippen LogP contribution in [0.15, 0.2) is 70.8 Å². The number of para-hydroxylation sites is 1. The van der Waals surface area contributed by atoms with Gasteiger partial charge in [0.1, 0.15) is 0 Å². The Kier molecular flexibility index (Phi) is 4.08. The molecule has 90 valence electrons. The Balaban J connectivity index is 1.94. The summed E-state index contributed by atoms with van der Waals surface area (Å²) < 4.78 is 0. The Morgan fingerprint density at radius 3 is 2.22 bits per heavy atom. The number of hydrazone groups is 1. The normalized spacial score (nSPS) is 11.7. The van der Waals surface area contributed by atoms with Crippen molar-refractivity contribution in [2.45, 2.75) is 0 Å². The summed E-state index contributed by atoms with van der Waals surface area (Å²) in [6.45, 7) is 0. The molecule has 0 radical (unpaired) electrons. The van der Waals surface area contributed by atoms with Crippen LogP contribution in [-0.4, -0.2) is 12.2 Å². The lowest BCUT2D eigenvalue weighted by Crippen LogP contribution is -2.26. The van der Waals surface area contributed by atoms with Gasteiger partial charge in [-0.05, 0) is 17.7 Å². The van der Waals surface area contributed by atoms with Crippen molar-refractivity contribution in [3.05, 3.63) is 66.2 Å². The van der Waals surface area contributed by atoms with Gasteiger partial charge in [-0.3, -0.25) is 0 Å². The van der Waals surface area contributed by atoms with Gasteiger partial charge in [0.25, 0.3) is 0 Å². The molecule has 2 aromatic carbocycles. The Hall–Kier alpha value is -2.62. The number of nitrogens with one attached hydrogen (secondary N) is 1. The van der Waals surface area contributed by atoms with Crippen LogP contribution in [0.25, 0.3) is 0 Å². The van der Waals surface area contributed by atoms with E-state index in [0.717, 1.165) is 11.3 Å². The highest BCUT2D eigenvalue weighted by Gasteiger charge is 1.90. The smallest absolute Gasteiger partial charge is 0.214 e. The highest BCUT2D eigenvalue weighted by molar-refractivity contribution is 5.84. The van der Waals surface area contributed by atoms with Crippen molar-refractivity contribution in [2.24, 2.45) is 15.8 Å². The van der Waals surface area contributed by atoms with E-state index in [2.05, 4.69) is 15.5 Å². The molecule has 2 rings (SSSR count). The fourth-order valence-electron chi connectivity index (χ4n) is 1.38. The molecule has 0 aliphatic rings. The van der Waals surface area contributed by atoms with E-state index in [1.165, 1.54) is 0 Å². The zero-order valence-corrected chi connectivity index (χ0v) is 9.82. The van der Waals surface area contributed by atoms with Gasteiger partial charge in [-0.1, -0.05) is 48.5 Å². The molecule has 0 unspecified atom stereocenters. The van der Waals surface area contributed by atoms with Gasteiger partial charge in [-0.15, -0.1) is 0 Å². The Morgan fingerprint density at radius 2 is 1.56 bits per heavy atom. The summed E-state index contributed by atoms with van der Waals surface area (Å²) in [7, 11) is 0. The molecule has 0 aromatic heterocycles. The molecule has 18 heavy (non-hydrogen) atoms. The van der Waals surface area contributed by atoms with Crippen LogP contribution in [-0.2, 0) is 0 Å². The minimum atomic E-state index is 0.258. The second-order valence-electron chi connectivity index (χ2n) is 3.61. The number of hydrogen-bond donors (Lipinski definition) is 2. The summed E-state index contributed by atoms with van der Waals surface area (Å²) in [5, 5.41) is 4.01. The van der Waals surface area contributed by atoms with E-state index >= 15 is 0 Å². The van der Waals surface area contributed by atoms with Crippen LogP contribution >= 0.6 is 0 Å². The first-order chi connectivity index (χ1) is 8.84. The van der Waals surface area contributed by atoms with E-state index in [9.17, 15) is 0 Å². The van der Waals surface area contributed by atoms with Gasteiger partial charge < -0.3 is 5.73 Å². The van der Waals surface area contributed by atoms with Crippen LogP contribution in [0.5, 0.6) is 0 Å². The van der Waals surface area contributed by atoms with E-state index in [4.69, 9.17) is 5.73 Å². The van der Waals surface area contributed by atoms with E-state index in [0.29, 0.717) is 0 Å². The highest BCUT2D eigenvalue weighted by atomic mass is 15.3. The number of benzene rings is 2. The zero-order valence-electron chi connectivity index (χ0n) is 9.82. The molecular weight excluding hydrogens is 224 g/mol. The van der Waals surface area contributed by atoms with Gasteiger partial charge in [-0.2, -0.15) is 5.10 Å². The first kappa shape index (κ1) is 11.9. The molecule has 0 spiro atoms. The lowest BCUT2D eigenvalue weighted by Gasteiger charge is -1.99. The average molecular weight is 238 g/mol. The number of guanidine groups is 1. The molecule has 4 nitrogen and oxygen atoms in total. The van der Waals surface area contributed by atoms with Crippen LogP contribution in [0.4, 0.5) is 5.69 Å². The maximum atomic E-state index is 5.70. The summed E-state index contributed by atoms with van der Waals surface area (Å²) in [5.74, 6) is 0.258. The van der Waals surface area contributed by atoms with Crippen molar-refractivity contribution in [2.75, 3.05) is 0 Å². The average Bonchev–Trinajstić information content (AvgIpc) is 2.41. The Bertz CT molecular complexity index is 532. The largest absolute Gasteiger partial charge is 0.368 e. The van der Waals surface area contributed by atoms with Crippen molar-refractivity contribution in [3.8, 4) is 0 Å². The van der Waals surface area contributed by atoms with Crippen LogP contribution in [0.3, 0.4) is 0 Å².